The van der Waals surface area contributed by atoms with Crippen molar-refractivity contribution in [3.8, 4) is 0 Å². The molecule has 0 saturated heterocycles. The zero-order valence-electron chi connectivity index (χ0n) is 11.9. The van der Waals surface area contributed by atoms with Gasteiger partial charge in [0.2, 0.25) is 5.92 Å². The summed E-state index contributed by atoms with van der Waals surface area (Å²) >= 11 is 1.40. The first-order valence-electron chi connectivity index (χ1n) is 6.37. The molecule has 0 aliphatic rings. The lowest BCUT2D eigenvalue weighted by Gasteiger charge is -2.13. The Morgan fingerprint density at radius 3 is 1.84 bits per heavy atom. The molecule has 0 atom stereocenters. The van der Waals surface area contributed by atoms with Crippen LogP contribution in [0.2, 0.25) is 0 Å². The molecule has 0 unspecified atom stereocenters. The number of thioether (sulfide) groups is 1. The molecular weight excluding hydrogens is 268 g/mol. The monoisotopic (exact) mass is 290 g/mol. The van der Waals surface area contributed by atoms with Crippen molar-refractivity contribution in [3.63, 3.8) is 0 Å². The Bertz CT molecular complexity index is 296. The lowest BCUT2D eigenvalue weighted by molar-refractivity contribution is -0.163. The van der Waals surface area contributed by atoms with Crippen LogP contribution in [0.15, 0.2) is 0 Å². The number of ether oxygens (including phenoxy) is 2. The highest BCUT2D eigenvalue weighted by molar-refractivity contribution is 7.99. The standard InChI is InChI=1S/C13H22O5S/c1-5-17-12(15)11(13(16)18-6-2)10(14)8-19-7-9(3)4/h9,11H,5-8H2,1-4H3. The van der Waals surface area contributed by atoms with Gasteiger partial charge in [-0.15, -0.1) is 0 Å². The fraction of sp³-hybridized carbons (Fsp3) is 0.769. The molecule has 110 valence electrons. The van der Waals surface area contributed by atoms with Crippen LogP contribution >= 0.6 is 11.8 Å². The number of esters is 2. The highest BCUT2D eigenvalue weighted by atomic mass is 32.2. The third-order valence-corrected chi connectivity index (χ3v) is 3.45. The van der Waals surface area contributed by atoms with Gasteiger partial charge >= 0.3 is 11.9 Å². The van der Waals surface area contributed by atoms with Gasteiger partial charge in [0, 0.05) is 0 Å². The van der Waals surface area contributed by atoms with E-state index < -0.39 is 23.6 Å². The summed E-state index contributed by atoms with van der Waals surface area (Å²) in [6.45, 7) is 7.57. The van der Waals surface area contributed by atoms with E-state index in [4.69, 9.17) is 9.47 Å². The highest BCUT2D eigenvalue weighted by Gasteiger charge is 2.36. The second-order valence-electron chi connectivity index (χ2n) is 4.31. The minimum absolute atomic E-state index is 0.112. The average molecular weight is 290 g/mol. The largest absolute Gasteiger partial charge is 0.465 e. The van der Waals surface area contributed by atoms with E-state index in [0.717, 1.165) is 5.75 Å². The minimum atomic E-state index is -1.44. The van der Waals surface area contributed by atoms with Crippen molar-refractivity contribution >= 4 is 29.5 Å². The van der Waals surface area contributed by atoms with E-state index in [-0.39, 0.29) is 19.0 Å². The summed E-state index contributed by atoms with van der Waals surface area (Å²) in [7, 11) is 0. The normalized spacial score (nSPS) is 10.6. The number of Topliss-reactive ketones (excluding diaryl/α,β-unsaturated/α-hetero) is 1. The molecular formula is C13H22O5S. The molecule has 5 nitrogen and oxygen atoms in total. The third kappa shape index (κ3) is 7.20. The fourth-order valence-corrected chi connectivity index (χ4v) is 2.25. The van der Waals surface area contributed by atoms with Crippen molar-refractivity contribution < 1.29 is 23.9 Å². The molecule has 0 fully saturated rings. The molecule has 0 spiro atoms. The van der Waals surface area contributed by atoms with Crippen LogP contribution in [0.1, 0.15) is 27.7 Å². The first kappa shape index (κ1) is 18.0. The number of rotatable bonds is 9. The average Bonchev–Trinajstić information content (AvgIpc) is 2.29. The fourth-order valence-electron chi connectivity index (χ4n) is 1.29. The van der Waals surface area contributed by atoms with Gasteiger partial charge in [0.05, 0.1) is 19.0 Å². The second kappa shape index (κ2) is 9.83. The van der Waals surface area contributed by atoms with Gasteiger partial charge in [0.1, 0.15) is 0 Å². The molecule has 0 N–H and O–H groups in total. The maximum Gasteiger partial charge on any atom is 0.328 e. The first-order chi connectivity index (χ1) is 8.93. The zero-order chi connectivity index (χ0) is 14.8. The van der Waals surface area contributed by atoms with E-state index in [1.807, 2.05) is 13.8 Å². The maximum absolute atomic E-state index is 11.9. The van der Waals surface area contributed by atoms with Crippen molar-refractivity contribution in [2.24, 2.45) is 11.8 Å². The predicted molar refractivity (Wildman–Crippen MR) is 73.9 cm³/mol. The molecule has 0 aromatic rings. The van der Waals surface area contributed by atoms with Crippen molar-refractivity contribution in [2.45, 2.75) is 27.7 Å². The number of carbonyl (C=O) groups is 3. The summed E-state index contributed by atoms with van der Waals surface area (Å²) in [4.78, 5) is 35.2. The molecule has 0 rings (SSSR count). The van der Waals surface area contributed by atoms with Crippen LogP contribution in [0.4, 0.5) is 0 Å². The topological polar surface area (TPSA) is 69.7 Å². The Morgan fingerprint density at radius 1 is 1.00 bits per heavy atom. The Kier molecular flexibility index (Phi) is 9.30. The minimum Gasteiger partial charge on any atom is -0.465 e. The van der Waals surface area contributed by atoms with Crippen molar-refractivity contribution in [3.05, 3.63) is 0 Å². The Hall–Kier alpha value is -1.04. The van der Waals surface area contributed by atoms with Gasteiger partial charge in [-0.2, -0.15) is 11.8 Å². The van der Waals surface area contributed by atoms with E-state index >= 15 is 0 Å². The number of hydrogen-bond acceptors (Lipinski definition) is 6. The molecule has 0 bridgehead atoms. The van der Waals surface area contributed by atoms with Crippen LogP contribution in [0, 0.1) is 11.8 Å². The SMILES string of the molecule is CCOC(=O)C(C(=O)CSCC(C)C)C(=O)OCC. The molecule has 0 aliphatic heterocycles. The van der Waals surface area contributed by atoms with Gasteiger partial charge < -0.3 is 9.47 Å². The lowest BCUT2D eigenvalue weighted by atomic mass is 10.1. The smallest absolute Gasteiger partial charge is 0.328 e. The maximum atomic E-state index is 11.9. The Labute approximate surface area is 118 Å². The summed E-state index contributed by atoms with van der Waals surface area (Å²) in [6, 6.07) is 0. The van der Waals surface area contributed by atoms with Crippen LogP contribution in [-0.4, -0.2) is 42.4 Å². The molecule has 0 heterocycles. The van der Waals surface area contributed by atoms with Crippen molar-refractivity contribution in [1.29, 1.82) is 0 Å². The summed E-state index contributed by atoms with van der Waals surface area (Å²) in [5.41, 5.74) is 0. The van der Waals surface area contributed by atoms with E-state index in [1.54, 1.807) is 13.8 Å². The summed E-state index contributed by atoms with van der Waals surface area (Å²) in [6.07, 6.45) is 0. The van der Waals surface area contributed by atoms with Crippen molar-refractivity contribution in [1.82, 2.24) is 0 Å². The number of hydrogen-bond donors (Lipinski definition) is 0. The molecule has 0 radical (unpaired) electrons. The molecule has 19 heavy (non-hydrogen) atoms. The molecule has 0 aromatic carbocycles. The highest BCUT2D eigenvalue weighted by Crippen LogP contribution is 2.13. The molecule has 0 aliphatic carbocycles. The van der Waals surface area contributed by atoms with Crippen LogP contribution < -0.4 is 0 Å². The summed E-state index contributed by atoms with van der Waals surface area (Å²) < 4.78 is 9.50. The summed E-state index contributed by atoms with van der Waals surface area (Å²) in [5.74, 6) is -2.19. The lowest BCUT2D eigenvalue weighted by Crippen LogP contribution is -2.36. The third-order valence-electron chi connectivity index (χ3n) is 2.06. The van der Waals surface area contributed by atoms with E-state index in [9.17, 15) is 14.4 Å². The molecule has 0 aromatic heterocycles. The van der Waals surface area contributed by atoms with Gasteiger partial charge in [-0.3, -0.25) is 14.4 Å². The van der Waals surface area contributed by atoms with Crippen molar-refractivity contribution in [2.75, 3.05) is 24.7 Å². The van der Waals surface area contributed by atoms with Gasteiger partial charge in [-0.25, -0.2) is 0 Å². The Morgan fingerprint density at radius 2 is 1.47 bits per heavy atom. The van der Waals surface area contributed by atoms with Crippen LogP contribution in [0.25, 0.3) is 0 Å². The molecule has 6 heteroatoms. The first-order valence-corrected chi connectivity index (χ1v) is 7.53. The van der Waals surface area contributed by atoms with E-state index in [1.165, 1.54) is 11.8 Å². The number of carbonyl (C=O) groups excluding carboxylic acids is 3. The molecule has 0 saturated carbocycles. The van der Waals surface area contributed by atoms with E-state index in [2.05, 4.69) is 0 Å². The van der Waals surface area contributed by atoms with Gasteiger partial charge in [0.15, 0.2) is 5.78 Å². The van der Waals surface area contributed by atoms with Crippen LogP contribution in [0.5, 0.6) is 0 Å². The van der Waals surface area contributed by atoms with Crippen LogP contribution in [0.3, 0.4) is 0 Å². The predicted octanol–water partition coefficient (Wildman–Crippen LogP) is 1.69. The zero-order valence-corrected chi connectivity index (χ0v) is 12.7. The Balaban J connectivity index is 4.59. The molecule has 0 amide bonds. The summed E-state index contributed by atoms with van der Waals surface area (Å²) in [5, 5.41) is 0. The second-order valence-corrected chi connectivity index (χ2v) is 5.34. The quantitative estimate of drug-likeness (QED) is 0.475. The van der Waals surface area contributed by atoms with Gasteiger partial charge in [-0.1, -0.05) is 13.8 Å². The van der Waals surface area contributed by atoms with E-state index in [0.29, 0.717) is 5.92 Å². The number of ketones is 1. The van der Waals surface area contributed by atoms with Gasteiger partial charge in [0.25, 0.3) is 0 Å². The van der Waals surface area contributed by atoms with Gasteiger partial charge in [-0.05, 0) is 25.5 Å². The van der Waals surface area contributed by atoms with Crippen LogP contribution in [-0.2, 0) is 23.9 Å².